The fraction of sp³-hybridized carbons (Fsp3) is 0.273. The number of nitrogens with two attached hydrogens (primary N) is 1. The summed E-state index contributed by atoms with van der Waals surface area (Å²) in [6.45, 7) is 3.24. The fourth-order valence-corrected chi connectivity index (χ4v) is 1.18. The molecule has 1 aromatic carbocycles. The van der Waals surface area contributed by atoms with Gasteiger partial charge < -0.3 is 5.73 Å². The van der Waals surface area contributed by atoms with E-state index in [4.69, 9.17) is 5.73 Å². The number of hydrogen-bond acceptors (Lipinski definition) is 3. The number of rotatable bonds is 3. The minimum atomic E-state index is -0.152. The van der Waals surface area contributed by atoms with Gasteiger partial charge in [-0.1, -0.05) is 0 Å². The molecule has 3 nitrogen and oxygen atoms in total. The fourth-order valence-electron chi connectivity index (χ4n) is 1.18. The first-order valence-electron chi connectivity index (χ1n) is 4.39. The van der Waals surface area contributed by atoms with Crippen LogP contribution in [0.1, 0.15) is 29.3 Å². The van der Waals surface area contributed by atoms with Gasteiger partial charge in [0.15, 0.2) is 5.78 Å². The van der Waals surface area contributed by atoms with Crippen molar-refractivity contribution >= 4 is 17.3 Å². The maximum absolute atomic E-state index is 11.5. The summed E-state index contributed by atoms with van der Waals surface area (Å²) in [5, 5.41) is 0. The molecule has 74 valence electrons. The number of Topliss-reactive ketones (excluding diaryl/α,β-unsaturated/α-hetero) is 2. The van der Waals surface area contributed by atoms with Gasteiger partial charge in [-0.2, -0.15) is 0 Å². The maximum Gasteiger partial charge on any atom is 0.170 e. The molecule has 0 heterocycles. The summed E-state index contributed by atoms with van der Waals surface area (Å²) in [5.41, 5.74) is 7.68. The summed E-state index contributed by atoms with van der Waals surface area (Å²) in [6.07, 6.45) is -0.0383. The van der Waals surface area contributed by atoms with Crippen molar-refractivity contribution in [2.24, 2.45) is 0 Å². The van der Waals surface area contributed by atoms with E-state index in [0.717, 1.165) is 5.56 Å². The molecule has 1 rings (SSSR count). The van der Waals surface area contributed by atoms with Crippen LogP contribution in [0.15, 0.2) is 18.2 Å². The third kappa shape index (κ3) is 2.42. The molecule has 0 saturated heterocycles. The molecule has 0 radical (unpaired) electrons. The van der Waals surface area contributed by atoms with Gasteiger partial charge in [-0.05, 0) is 37.6 Å². The van der Waals surface area contributed by atoms with Gasteiger partial charge in [0, 0.05) is 11.3 Å². The van der Waals surface area contributed by atoms with Crippen LogP contribution in [0.4, 0.5) is 5.69 Å². The van der Waals surface area contributed by atoms with Gasteiger partial charge in [0.1, 0.15) is 5.78 Å². The zero-order valence-corrected chi connectivity index (χ0v) is 8.33. The monoisotopic (exact) mass is 191 g/mol. The zero-order chi connectivity index (χ0) is 10.7. The van der Waals surface area contributed by atoms with Gasteiger partial charge in [0.25, 0.3) is 0 Å². The number of hydrogen-bond donors (Lipinski definition) is 1. The molecule has 3 heteroatoms. The SMILES string of the molecule is CC(=O)CC(=O)c1ccc(N)c(C)c1. The Morgan fingerprint density at radius 2 is 2.00 bits per heavy atom. The standard InChI is InChI=1S/C11H13NO2/c1-7-5-9(3-4-10(7)12)11(14)6-8(2)13/h3-5H,6,12H2,1-2H3. The van der Waals surface area contributed by atoms with Gasteiger partial charge >= 0.3 is 0 Å². The molecule has 0 aliphatic carbocycles. The van der Waals surface area contributed by atoms with E-state index in [-0.39, 0.29) is 18.0 Å². The van der Waals surface area contributed by atoms with Crippen molar-refractivity contribution in [1.29, 1.82) is 0 Å². The van der Waals surface area contributed by atoms with Crippen LogP contribution >= 0.6 is 0 Å². The molecule has 14 heavy (non-hydrogen) atoms. The van der Waals surface area contributed by atoms with E-state index in [1.807, 2.05) is 6.92 Å². The van der Waals surface area contributed by atoms with Crippen LogP contribution in [-0.4, -0.2) is 11.6 Å². The molecule has 2 N–H and O–H groups in total. The molecule has 0 bridgehead atoms. The summed E-state index contributed by atoms with van der Waals surface area (Å²) in [5.74, 6) is -0.273. The Labute approximate surface area is 82.9 Å². The second kappa shape index (κ2) is 4.05. The number of nitrogen functional groups attached to an aromatic ring is 1. The Hall–Kier alpha value is -1.64. The first-order chi connectivity index (χ1) is 6.50. The van der Waals surface area contributed by atoms with Gasteiger partial charge in [-0.3, -0.25) is 9.59 Å². The molecule has 0 saturated carbocycles. The Morgan fingerprint density at radius 3 is 2.50 bits per heavy atom. The molecule has 1 aromatic rings. The Bertz CT molecular complexity index is 383. The minimum absolute atomic E-state index is 0.0383. The summed E-state index contributed by atoms with van der Waals surface area (Å²) in [7, 11) is 0. The lowest BCUT2D eigenvalue weighted by atomic mass is 10.0. The van der Waals surface area contributed by atoms with E-state index in [9.17, 15) is 9.59 Å². The molecular formula is C11H13NO2. The number of ketones is 2. The van der Waals surface area contributed by atoms with Crippen molar-refractivity contribution in [2.45, 2.75) is 20.3 Å². The summed E-state index contributed by atoms with van der Waals surface area (Å²) in [4.78, 5) is 22.2. The van der Waals surface area contributed by atoms with E-state index in [2.05, 4.69) is 0 Å². The van der Waals surface area contributed by atoms with Crippen molar-refractivity contribution in [1.82, 2.24) is 0 Å². The van der Waals surface area contributed by atoms with E-state index in [1.165, 1.54) is 6.92 Å². The molecule has 0 aliphatic rings. The topological polar surface area (TPSA) is 60.2 Å². The van der Waals surface area contributed by atoms with Gasteiger partial charge in [-0.25, -0.2) is 0 Å². The average molecular weight is 191 g/mol. The molecule has 0 amide bonds. The third-order valence-electron chi connectivity index (χ3n) is 2.00. The summed E-state index contributed by atoms with van der Waals surface area (Å²) in [6, 6.07) is 5.04. The number of benzene rings is 1. The van der Waals surface area contributed by atoms with Gasteiger partial charge in [0.05, 0.1) is 6.42 Å². The average Bonchev–Trinajstić information content (AvgIpc) is 2.08. The second-order valence-electron chi connectivity index (χ2n) is 3.37. The van der Waals surface area contributed by atoms with Crippen LogP contribution < -0.4 is 5.73 Å². The highest BCUT2D eigenvalue weighted by atomic mass is 16.1. The normalized spacial score (nSPS) is 9.86. The lowest BCUT2D eigenvalue weighted by Gasteiger charge is -2.02. The summed E-state index contributed by atoms with van der Waals surface area (Å²) < 4.78 is 0. The highest BCUT2D eigenvalue weighted by Crippen LogP contribution is 2.14. The first-order valence-corrected chi connectivity index (χ1v) is 4.39. The number of carbonyl (C=O) groups excluding carboxylic acids is 2. The van der Waals surface area contributed by atoms with Crippen LogP contribution in [0.2, 0.25) is 0 Å². The first kappa shape index (κ1) is 10.4. The van der Waals surface area contributed by atoms with E-state index in [0.29, 0.717) is 11.3 Å². The predicted octanol–water partition coefficient (Wildman–Crippen LogP) is 1.74. The van der Waals surface area contributed by atoms with Crippen molar-refractivity contribution in [3.63, 3.8) is 0 Å². The molecule has 0 aromatic heterocycles. The van der Waals surface area contributed by atoms with Gasteiger partial charge in [-0.15, -0.1) is 0 Å². The van der Waals surface area contributed by atoms with Crippen molar-refractivity contribution < 1.29 is 9.59 Å². The molecule has 0 fully saturated rings. The number of aryl methyl sites for hydroxylation is 1. The van der Waals surface area contributed by atoms with Crippen LogP contribution in [-0.2, 0) is 4.79 Å². The van der Waals surface area contributed by atoms with Crippen LogP contribution in [0.25, 0.3) is 0 Å². The van der Waals surface area contributed by atoms with Gasteiger partial charge in [0.2, 0.25) is 0 Å². The Morgan fingerprint density at radius 1 is 1.36 bits per heavy atom. The molecular weight excluding hydrogens is 178 g/mol. The third-order valence-corrected chi connectivity index (χ3v) is 2.00. The highest BCUT2D eigenvalue weighted by Gasteiger charge is 2.08. The lowest BCUT2D eigenvalue weighted by molar-refractivity contribution is -0.116. The molecule has 0 atom stereocenters. The predicted molar refractivity (Wildman–Crippen MR) is 55.2 cm³/mol. The van der Waals surface area contributed by atoms with Crippen LogP contribution in [0, 0.1) is 6.92 Å². The smallest absolute Gasteiger partial charge is 0.170 e. The Balaban J connectivity index is 2.91. The molecule has 0 aliphatic heterocycles. The summed E-state index contributed by atoms with van der Waals surface area (Å²) >= 11 is 0. The maximum atomic E-state index is 11.5. The van der Waals surface area contributed by atoms with E-state index < -0.39 is 0 Å². The lowest BCUT2D eigenvalue weighted by Crippen LogP contribution is -2.05. The quantitative estimate of drug-likeness (QED) is 0.449. The number of anilines is 1. The number of carbonyl (C=O) groups is 2. The van der Waals surface area contributed by atoms with Crippen molar-refractivity contribution in [2.75, 3.05) is 5.73 Å². The molecule has 0 unspecified atom stereocenters. The highest BCUT2D eigenvalue weighted by molar-refractivity contribution is 6.07. The van der Waals surface area contributed by atoms with Crippen LogP contribution in [0.3, 0.4) is 0 Å². The zero-order valence-electron chi connectivity index (χ0n) is 8.33. The van der Waals surface area contributed by atoms with Crippen molar-refractivity contribution in [3.05, 3.63) is 29.3 Å². The van der Waals surface area contributed by atoms with Crippen LogP contribution in [0.5, 0.6) is 0 Å². The molecule has 0 spiro atoms. The minimum Gasteiger partial charge on any atom is -0.399 e. The second-order valence-corrected chi connectivity index (χ2v) is 3.37. The Kier molecular flexibility index (Phi) is 3.02. The largest absolute Gasteiger partial charge is 0.399 e. The van der Waals surface area contributed by atoms with E-state index >= 15 is 0 Å². The van der Waals surface area contributed by atoms with E-state index in [1.54, 1.807) is 18.2 Å². The van der Waals surface area contributed by atoms with Crippen molar-refractivity contribution in [3.8, 4) is 0 Å².